The zero-order chi connectivity index (χ0) is 19.2. The highest BCUT2D eigenvalue weighted by atomic mass is 19.4. The van der Waals surface area contributed by atoms with Crippen LogP contribution in [-0.4, -0.2) is 31.0 Å². The number of nitrogens with zero attached hydrogens (tertiary/aromatic N) is 1. The molecule has 140 valence electrons. The maximum Gasteiger partial charge on any atom is 0.416 e. The van der Waals surface area contributed by atoms with Crippen molar-refractivity contribution in [3.05, 3.63) is 59.7 Å². The van der Waals surface area contributed by atoms with Crippen molar-refractivity contribution >= 4 is 11.6 Å². The molecule has 0 saturated carbocycles. The first-order valence-electron chi connectivity index (χ1n) is 8.14. The molecule has 0 aliphatic heterocycles. The van der Waals surface area contributed by atoms with Gasteiger partial charge in [0.1, 0.15) is 5.75 Å². The summed E-state index contributed by atoms with van der Waals surface area (Å²) in [7, 11) is 1.54. The first-order valence-corrected chi connectivity index (χ1v) is 8.14. The number of hydrogen-bond donors (Lipinski definition) is 1. The Morgan fingerprint density at radius 3 is 2.54 bits per heavy atom. The molecule has 0 heterocycles. The smallest absolute Gasteiger partial charge is 0.416 e. The molecule has 2 aromatic carbocycles. The average molecular weight is 366 g/mol. The van der Waals surface area contributed by atoms with Crippen LogP contribution in [0.25, 0.3) is 0 Å². The van der Waals surface area contributed by atoms with E-state index in [1.165, 1.54) is 13.2 Å². The molecule has 0 radical (unpaired) electrons. The summed E-state index contributed by atoms with van der Waals surface area (Å²) in [5, 5.41) is 2.76. The Morgan fingerprint density at radius 1 is 1.15 bits per heavy atom. The predicted octanol–water partition coefficient (Wildman–Crippen LogP) is 4.17. The zero-order valence-corrected chi connectivity index (χ0v) is 14.6. The number of rotatable bonds is 7. The van der Waals surface area contributed by atoms with Gasteiger partial charge >= 0.3 is 6.18 Å². The fourth-order valence-electron chi connectivity index (χ4n) is 2.49. The van der Waals surface area contributed by atoms with Gasteiger partial charge in [-0.15, -0.1) is 0 Å². The number of amides is 1. The Kier molecular flexibility index (Phi) is 6.63. The van der Waals surface area contributed by atoms with Gasteiger partial charge in [0.2, 0.25) is 5.91 Å². The summed E-state index contributed by atoms with van der Waals surface area (Å²) in [6, 6.07) is 12.1. The molecule has 0 spiro atoms. The molecular weight excluding hydrogens is 345 g/mol. The van der Waals surface area contributed by atoms with Crippen molar-refractivity contribution in [1.29, 1.82) is 0 Å². The van der Waals surface area contributed by atoms with Gasteiger partial charge in [0.05, 0.1) is 19.2 Å². The molecule has 1 amide bonds. The van der Waals surface area contributed by atoms with Crippen molar-refractivity contribution in [1.82, 2.24) is 4.90 Å². The van der Waals surface area contributed by atoms with Crippen LogP contribution in [0.1, 0.15) is 18.1 Å². The fraction of sp³-hybridized carbons (Fsp3) is 0.316. The van der Waals surface area contributed by atoms with Gasteiger partial charge in [-0.2, -0.15) is 13.2 Å². The molecule has 2 aromatic rings. The molecule has 0 aliphatic carbocycles. The van der Waals surface area contributed by atoms with Crippen LogP contribution in [0.15, 0.2) is 48.5 Å². The summed E-state index contributed by atoms with van der Waals surface area (Å²) in [6.07, 6.45) is -4.38. The van der Waals surface area contributed by atoms with E-state index in [1.54, 1.807) is 35.2 Å². The van der Waals surface area contributed by atoms with E-state index >= 15 is 0 Å². The third kappa shape index (κ3) is 5.77. The average Bonchev–Trinajstić information content (AvgIpc) is 2.60. The Hall–Kier alpha value is -2.54. The standard InChI is InChI=1S/C19H21F3N2O2/c1-3-24(12-14-6-4-7-15(10-14)19(20,21)22)13-18(25)23-16-8-5-9-17(11-16)26-2/h4-11H,3,12-13H2,1-2H3,(H,23,25). The molecule has 4 nitrogen and oxygen atoms in total. The van der Waals surface area contributed by atoms with Gasteiger partial charge < -0.3 is 10.1 Å². The second kappa shape index (κ2) is 8.71. The molecule has 7 heteroatoms. The lowest BCUT2D eigenvalue weighted by atomic mass is 10.1. The molecule has 26 heavy (non-hydrogen) atoms. The van der Waals surface area contributed by atoms with Crippen LogP contribution >= 0.6 is 0 Å². The minimum atomic E-state index is -4.38. The number of anilines is 1. The minimum absolute atomic E-state index is 0.0734. The van der Waals surface area contributed by atoms with Crippen LogP contribution in [0.4, 0.5) is 18.9 Å². The van der Waals surface area contributed by atoms with Crippen LogP contribution in [0.5, 0.6) is 5.75 Å². The number of nitrogens with one attached hydrogen (secondary N) is 1. The summed E-state index contributed by atoms with van der Waals surface area (Å²) in [4.78, 5) is 14.0. The Labute approximate surface area is 150 Å². The first kappa shape index (κ1) is 19.8. The van der Waals surface area contributed by atoms with Gasteiger partial charge in [0.25, 0.3) is 0 Å². The lowest BCUT2D eigenvalue weighted by Gasteiger charge is -2.20. The second-order valence-corrected chi connectivity index (χ2v) is 5.78. The topological polar surface area (TPSA) is 41.6 Å². The number of carbonyl (C=O) groups excluding carboxylic acids is 1. The minimum Gasteiger partial charge on any atom is -0.497 e. The van der Waals surface area contributed by atoms with Crippen molar-refractivity contribution < 1.29 is 22.7 Å². The normalized spacial score (nSPS) is 11.5. The van der Waals surface area contributed by atoms with Crippen molar-refractivity contribution in [3.63, 3.8) is 0 Å². The SMILES string of the molecule is CCN(CC(=O)Nc1cccc(OC)c1)Cc1cccc(C(F)(F)F)c1. The lowest BCUT2D eigenvalue weighted by Crippen LogP contribution is -2.32. The Balaban J connectivity index is 1.99. The molecule has 0 aliphatic rings. The fourth-order valence-corrected chi connectivity index (χ4v) is 2.49. The van der Waals surface area contributed by atoms with E-state index in [2.05, 4.69) is 5.32 Å². The molecular formula is C19H21F3N2O2. The quantitative estimate of drug-likeness (QED) is 0.800. The molecule has 0 fully saturated rings. The van der Waals surface area contributed by atoms with Crippen LogP contribution in [0.2, 0.25) is 0 Å². The number of halogens is 3. The number of ether oxygens (including phenoxy) is 1. The van der Waals surface area contributed by atoms with Crippen LogP contribution in [0.3, 0.4) is 0 Å². The number of methoxy groups -OCH3 is 1. The zero-order valence-electron chi connectivity index (χ0n) is 14.6. The van der Waals surface area contributed by atoms with Crippen LogP contribution in [0, 0.1) is 0 Å². The monoisotopic (exact) mass is 366 g/mol. The van der Waals surface area contributed by atoms with E-state index in [1.807, 2.05) is 6.92 Å². The van der Waals surface area contributed by atoms with Crippen molar-refractivity contribution in [3.8, 4) is 5.75 Å². The molecule has 0 unspecified atom stereocenters. The van der Waals surface area contributed by atoms with Gasteiger partial charge in [0.15, 0.2) is 0 Å². The van der Waals surface area contributed by atoms with E-state index in [4.69, 9.17) is 4.74 Å². The van der Waals surface area contributed by atoms with Crippen molar-refractivity contribution in [2.75, 3.05) is 25.5 Å². The van der Waals surface area contributed by atoms with E-state index < -0.39 is 11.7 Å². The highest BCUT2D eigenvalue weighted by Gasteiger charge is 2.30. The Morgan fingerprint density at radius 2 is 1.88 bits per heavy atom. The second-order valence-electron chi connectivity index (χ2n) is 5.78. The third-order valence-corrected chi connectivity index (χ3v) is 3.83. The summed E-state index contributed by atoms with van der Waals surface area (Å²) >= 11 is 0. The van der Waals surface area contributed by atoms with Crippen molar-refractivity contribution in [2.24, 2.45) is 0 Å². The van der Waals surface area contributed by atoms with E-state index in [0.29, 0.717) is 23.5 Å². The number of likely N-dealkylation sites (N-methyl/N-ethyl adjacent to an activating group) is 1. The Bertz CT molecular complexity index is 748. The van der Waals surface area contributed by atoms with Crippen LogP contribution < -0.4 is 10.1 Å². The van der Waals surface area contributed by atoms with E-state index in [0.717, 1.165) is 12.1 Å². The summed E-state index contributed by atoms with van der Waals surface area (Å²) in [6.45, 7) is 2.71. The summed E-state index contributed by atoms with van der Waals surface area (Å²) in [5.41, 5.74) is 0.423. The largest absolute Gasteiger partial charge is 0.497 e. The van der Waals surface area contributed by atoms with Gasteiger partial charge in [-0.3, -0.25) is 9.69 Å². The van der Waals surface area contributed by atoms with Gasteiger partial charge in [-0.1, -0.05) is 31.2 Å². The van der Waals surface area contributed by atoms with E-state index in [9.17, 15) is 18.0 Å². The number of benzene rings is 2. The van der Waals surface area contributed by atoms with Crippen molar-refractivity contribution in [2.45, 2.75) is 19.6 Å². The van der Waals surface area contributed by atoms with Gasteiger partial charge in [-0.05, 0) is 30.3 Å². The number of carbonyl (C=O) groups is 1. The maximum atomic E-state index is 12.8. The van der Waals surface area contributed by atoms with E-state index in [-0.39, 0.29) is 19.0 Å². The first-order chi connectivity index (χ1) is 12.3. The molecule has 2 rings (SSSR count). The highest BCUT2D eigenvalue weighted by Crippen LogP contribution is 2.29. The number of alkyl halides is 3. The highest BCUT2D eigenvalue weighted by molar-refractivity contribution is 5.92. The maximum absolute atomic E-state index is 12.8. The predicted molar refractivity (Wildman–Crippen MR) is 94.0 cm³/mol. The van der Waals surface area contributed by atoms with Gasteiger partial charge in [-0.25, -0.2) is 0 Å². The molecule has 1 N–H and O–H groups in total. The van der Waals surface area contributed by atoms with Crippen LogP contribution in [-0.2, 0) is 17.5 Å². The summed E-state index contributed by atoms with van der Waals surface area (Å²) < 4.78 is 43.5. The molecule has 0 saturated heterocycles. The molecule has 0 atom stereocenters. The number of hydrogen-bond acceptors (Lipinski definition) is 3. The van der Waals surface area contributed by atoms with Gasteiger partial charge in [0, 0.05) is 18.3 Å². The third-order valence-electron chi connectivity index (χ3n) is 3.83. The molecule has 0 bridgehead atoms. The molecule has 0 aromatic heterocycles. The summed E-state index contributed by atoms with van der Waals surface area (Å²) in [5.74, 6) is 0.381. The lowest BCUT2D eigenvalue weighted by molar-refractivity contribution is -0.137.